The fourth-order valence-electron chi connectivity index (χ4n) is 0.667. The third kappa shape index (κ3) is 3.90. The highest BCUT2D eigenvalue weighted by Crippen LogP contribution is 2.29. The summed E-state index contributed by atoms with van der Waals surface area (Å²) in [5.41, 5.74) is 0. The minimum atomic E-state index is -1.98. The van der Waals surface area contributed by atoms with E-state index in [-0.39, 0.29) is 11.6 Å². The maximum absolute atomic E-state index is 11.2. The van der Waals surface area contributed by atoms with Crippen molar-refractivity contribution in [2.24, 2.45) is 0 Å². The van der Waals surface area contributed by atoms with Gasteiger partial charge in [-0.3, -0.25) is 9.59 Å². The van der Waals surface area contributed by atoms with Crippen LogP contribution in [-0.2, 0) is 37.2 Å². The van der Waals surface area contributed by atoms with Crippen LogP contribution in [0.3, 0.4) is 0 Å². The summed E-state index contributed by atoms with van der Waals surface area (Å²) in [6.45, 7) is 0. The van der Waals surface area contributed by atoms with Gasteiger partial charge in [-0.25, -0.2) is 0 Å². The highest BCUT2D eigenvalue weighted by molar-refractivity contribution is 9.22. The molecule has 1 aliphatic carbocycles. The topological polar surface area (TPSA) is 34.1 Å². The summed E-state index contributed by atoms with van der Waals surface area (Å²) in [5, 5.41) is -1.98. The van der Waals surface area contributed by atoms with Crippen molar-refractivity contribution in [3.63, 3.8) is 0 Å². The van der Waals surface area contributed by atoms with Gasteiger partial charge in [0.05, 0.1) is 4.91 Å². The molecule has 1 aliphatic rings. The Labute approximate surface area is 93.9 Å². The van der Waals surface area contributed by atoms with Gasteiger partial charge < -0.3 is 0 Å². The first-order valence-electron chi connectivity index (χ1n) is 3.03. The number of rotatable bonds is 2. The zero-order chi connectivity index (χ0) is 10.1. The first-order chi connectivity index (χ1) is 5.88. The van der Waals surface area contributed by atoms with E-state index < -0.39 is 5.21 Å². The quantitative estimate of drug-likeness (QED) is 0.462. The van der Waals surface area contributed by atoms with Crippen LogP contribution in [-0.4, -0.2) is 11.6 Å². The molecule has 0 amide bonds. The van der Waals surface area contributed by atoms with Crippen LogP contribution in [0, 0.1) is 0 Å². The van der Waals surface area contributed by atoms with Crippen LogP contribution in [0.4, 0.5) is 0 Å². The van der Waals surface area contributed by atoms with Gasteiger partial charge in [-0.05, 0) is 45.3 Å². The molecule has 0 aromatic rings. The van der Waals surface area contributed by atoms with Gasteiger partial charge in [0.1, 0.15) is 0 Å². The van der Waals surface area contributed by atoms with Crippen LogP contribution in [0.5, 0.6) is 0 Å². The lowest BCUT2D eigenvalue weighted by atomic mass is 10.2. The van der Waals surface area contributed by atoms with Crippen LogP contribution in [0.1, 0.15) is 0 Å². The molecule has 1 rings (SSSR count). The number of carbonyl (C=O) groups is 2. The summed E-state index contributed by atoms with van der Waals surface area (Å²) in [6, 6.07) is 0. The predicted molar refractivity (Wildman–Crippen MR) is 65.9 cm³/mol. The molecule has 7 heteroatoms. The average molecular weight is 268 g/mol. The molecule has 0 aromatic carbocycles. The summed E-state index contributed by atoms with van der Waals surface area (Å²) in [4.78, 5) is 22.4. The van der Waals surface area contributed by atoms with E-state index in [0.717, 1.165) is 10.8 Å². The van der Waals surface area contributed by atoms with E-state index in [0.29, 0.717) is 4.91 Å². The largest absolute Gasteiger partial charge is 0.290 e. The summed E-state index contributed by atoms with van der Waals surface area (Å²) in [5.74, 6) is -0.450. The number of hydrogen-bond acceptors (Lipinski definition) is 5. The number of ketones is 2. The van der Waals surface area contributed by atoms with Crippen LogP contribution >= 0.6 is 22.5 Å². The van der Waals surface area contributed by atoms with Crippen molar-refractivity contribution in [2.45, 2.75) is 0 Å². The molecule has 0 unspecified atom stereocenters. The van der Waals surface area contributed by atoms with E-state index in [2.05, 4.69) is 11.7 Å². The average Bonchev–Trinajstić information content (AvgIpc) is 1.94. The lowest BCUT2D eigenvalue weighted by molar-refractivity contribution is -0.114. The third-order valence-corrected chi connectivity index (χ3v) is 4.89. The SMILES string of the molecule is O=C1C=CC(=O)C(SS(=S)(=S)S)=C1. The molecule has 0 fully saturated rings. The third-order valence-electron chi connectivity index (χ3n) is 1.11. The number of thiol groups is 1. The summed E-state index contributed by atoms with van der Waals surface area (Å²) < 4.78 is 0. The molecule has 0 N–H and O–H groups in total. The smallest absolute Gasteiger partial charge is 0.193 e. The number of hydrogen-bond donors (Lipinski definition) is 1. The fourth-order valence-corrected chi connectivity index (χ4v) is 4.32. The Balaban J connectivity index is 2.93. The highest BCUT2D eigenvalue weighted by Gasteiger charge is 2.15. The molecule has 0 saturated carbocycles. The van der Waals surface area contributed by atoms with Gasteiger partial charge in [-0.15, -0.1) is 0 Å². The second-order valence-electron chi connectivity index (χ2n) is 2.12. The maximum Gasteiger partial charge on any atom is 0.193 e. The Morgan fingerprint density at radius 2 is 1.92 bits per heavy atom. The van der Waals surface area contributed by atoms with E-state index in [1.807, 2.05) is 0 Å². The normalized spacial score (nSPS) is 17.5. The Morgan fingerprint density at radius 3 is 2.46 bits per heavy atom. The molecule has 0 saturated heterocycles. The molecule has 0 radical (unpaired) electrons. The van der Waals surface area contributed by atoms with Crippen molar-refractivity contribution in [1.29, 1.82) is 0 Å². The minimum absolute atomic E-state index is 0.218. The molecule has 0 atom stereocenters. The van der Waals surface area contributed by atoms with Gasteiger partial charge in [0.2, 0.25) is 0 Å². The molecular formula is C6H4O2S5. The van der Waals surface area contributed by atoms with Gasteiger partial charge in [0.15, 0.2) is 11.6 Å². The predicted octanol–water partition coefficient (Wildman–Crippen LogP) is 1.15. The van der Waals surface area contributed by atoms with Crippen molar-refractivity contribution in [3.8, 4) is 0 Å². The Bertz CT molecular complexity index is 414. The van der Waals surface area contributed by atoms with Crippen molar-refractivity contribution < 1.29 is 9.59 Å². The fraction of sp³-hybridized carbons (Fsp3) is 0. The lowest BCUT2D eigenvalue weighted by Gasteiger charge is -2.06. The van der Waals surface area contributed by atoms with E-state index in [1.165, 1.54) is 18.2 Å². The highest BCUT2D eigenvalue weighted by atomic mass is 33.8. The first kappa shape index (κ1) is 11.4. The van der Waals surface area contributed by atoms with Crippen LogP contribution in [0.15, 0.2) is 23.1 Å². The van der Waals surface area contributed by atoms with Crippen molar-refractivity contribution in [3.05, 3.63) is 23.1 Å². The number of allylic oxidation sites excluding steroid dienone is 4. The molecular weight excluding hydrogens is 264 g/mol. The molecule has 2 nitrogen and oxygen atoms in total. The van der Waals surface area contributed by atoms with Gasteiger partial charge in [0, 0.05) is 11.3 Å². The minimum Gasteiger partial charge on any atom is -0.290 e. The second-order valence-corrected chi connectivity index (χ2v) is 14.3. The standard InChI is InChI=1S/C6H4O2S5/c7-4-1-2-5(8)6(3-4)12-13(9,10)11/h1-3H,(H,9,10,11). The maximum atomic E-state index is 11.2. The van der Waals surface area contributed by atoms with E-state index in [4.69, 9.17) is 22.4 Å². The van der Waals surface area contributed by atoms with Crippen molar-refractivity contribution in [1.82, 2.24) is 0 Å². The first-order valence-corrected chi connectivity index (χ1v) is 8.90. The van der Waals surface area contributed by atoms with Crippen molar-refractivity contribution in [2.75, 3.05) is 0 Å². The number of carbonyl (C=O) groups excluding carboxylic acids is 2. The second kappa shape index (κ2) is 4.22. The molecule has 0 bridgehead atoms. The molecule has 0 aliphatic heterocycles. The van der Waals surface area contributed by atoms with Gasteiger partial charge in [0.25, 0.3) is 0 Å². The monoisotopic (exact) mass is 268 g/mol. The zero-order valence-electron chi connectivity index (χ0n) is 6.13. The van der Waals surface area contributed by atoms with E-state index >= 15 is 0 Å². The van der Waals surface area contributed by atoms with Crippen LogP contribution < -0.4 is 0 Å². The van der Waals surface area contributed by atoms with Gasteiger partial charge >= 0.3 is 0 Å². The Morgan fingerprint density at radius 1 is 1.31 bits per heavy atom. The Hall–Kier alpha value is 0.310. The van der Waals surface area contributed by atoms with Gasteiger partial charge in [-0.2, -0.15) is 0 Å². The molecule has 70 valence electrons. The lowest BCUT2D eigenvalue weighted by Crippen LogP contribution is -2.05. The van der Waals surface area contributed by atoms with Crippen molar-refractivity contribution >= 4 is 61.6 Å². The molecule has 0 heterocycles. The Kier molecular flexibility index (Phi) is 3.70. The molecule has 0 spiro atoms. The summed E-state index contributed by atoms with van der Waals surface area (Å²) in [7, 11) is 1.01. The zero-order valence-corrected chi connectivity index (χ0v) is 10.3. The summed E-state index contributed by atoms with van der Waals surface area (Å²) >= 11 is 13.7. The van der Waals surface area contributed by atoms with E-state index in [9.17, 15) is 9.59 Å². The van der Waals surface area contributed by atoms with Crippen LogP contribution in [0.2, 0.25) is 0 Å². The van der Waals surface area contributed by atoms with Crippen LogP contribution in [0.25, 0.3) is 0 Å². The molecule has 0 aromatic heterocycles. The van der Waals surface area contributed by atoms with E-state index in [1.54, 1.807) is 0 Å². The van der Waals surface area contributed by atoms with Gasteiger partial charge in [-0.1, -0.05) is 11.7 Å². The molecule has 13 heavy (non-hydrogen) atoms. The summed E-state index contributed by atoms with van der Waals surface area (Å²) in [6.07, 6.45) is 3.67.